The minimum atomic E-state index is 0.105. The van der Waals surface area contributed by atoms with E-state index in [2.05, 4.69) is 22.1 Å². The third kappa shape index (κ3) is 3.80. The molecule has 1 N–H and O–H groups in total. The highest BCUT2D eigenvalue weighted by atomic mass is 32.1. The molecule has 0 bridgehead atoms. The number of ether oxygens (including phenoxy) is 1. The number of nitrogens with one attached hydrogen (secondary N) is 1. The number of piperidine rings is 1. The van der Waals surface area contributed by atoms with Crippen molar-refractivity contribution in [2.45, 2.75) is 25.4 Å². The zero-order valence-electron chi connectivity index (χ0n) is 10.7. The number of hydrogen-bond donors (Lipinski definition) is 1. The lowest BCUT2D eigenvalue weighted by atomic mass is 10.0. The number of methoxy groups -OCH3 is 1. The van der Waals surface area contributed by atoms with Gasteiger partial charge >= 0.3 is 0 Å². The zero-order chi connectivity index (χ0) is 12.8. The fraction of sp³-hybridized carbons (Fsp3) is 0.615. The van der Waals surface area contributed by atoms with Gasteiger partial charge in [0.05, 0.1) is 0 Å². The molecule has 18 heavy (non-hydrogen) atoms. The standard InChI is InChI=1S/C13H20N2O2S/c1-17-9-13(16)15-5-2-12(3-6-15)14-8-11-4-7-18-10-11/h4,7,10,12,14H,2-3,5-6,8-9H2,1H3. The lowest BCUT2D eigenvalue weighted by molar-refractivity contribution is -0.136. The van der Waals surface area contributed by atoms with Crippen LogP contribution in [0.1, 0.15) is 18.4 Å². The Labute approximate surface area is 112 Å². The summed E-state index contributed by atoms with van der Waals surface area (Å²) in [7, 11) is 1.56. The predicted molar refractivity (Wildman–Crippen MR) is 72.6 cm³/mol. The second-order valence-corrected chi connectivity index (χ2v) is 5.38. The Hall–Kier alpha value is -0.910. The maximum absolute atomic E-state index is 11.6. The Kier molecular flexibility index (Phi) is 5.16. The quantitative estimate of drug-likeness (QED) is 0.879. The van der Waals surface area contributed by atoms with Gasteiger partial charge in [0.15, 0.2) is 0 Å². The van der Waals surface area contributed by atoms with E-state index in [0.717, 1.165) is 32.5 Å². The van der Waals surface area contributed by atoms with Gasteiger partial charge in [0, 0.05) is 32.8 Å². The highest BCUT2D eigenvalue weighted by molar-refractivity contribution is 7.07. The van der Waals surface area contributed by atoms with Gasteiger partial charge in [-0.05, 0) is 35.2 Å². The predicted octanol–water partition coefficient (Wildman–Crippen LogP) is 1.48. The smallest absolute Gasteiger partial charge is 0.248 e. The van der Waals surface area contributed by atoms with Crippen LogP contribution in [-0.2, 0) is 16.1 Å². The SMILES string of the molecule is COCC(=O)N1CCC(NCc2ccsc2)CC1. The Bertz CT molecular complexity index is 359. The number of rotatable bonds is 5. The summed E-state index contributed by atoms with van der Waals surface area (Å²) in [5.41, 5.74) is 1.35. The van der Waals surface area contributed by atoms with Gasteiger partial charge in [-0.15, -0.1) is 0 Å². The van der Waals surface area contributed by atoms with E-state index in [1.807, 2.05) is 4.90 Å². The van der Waals surface area contributed by atoms with Gasteiger partial charge in [0.2, 0.25) is 5.91 Å². The molecule has 2 heterocycles. The summed E-state index contributed by atoms with van der Waals surface area (Å²) in [6, 6.07) is 2.67. The van der Waals surface area contributed by atoms with E-state index in [-0.39, 0.29) is 12.5 Å². The van der Waals surface area contributed by atoms with Gasteiger partial charge in [0.1, 0.15) is 6.61 Å². The summed E-state index contributed by atoms with van der Waals surface area (Å²) in [5, 5.41) is 7.82. The molecule has 1 aromatic heterocycles. The molecule has 0 radical (unpaired) electrons. The zero-order valence-corrected chi connectivity index (χ0v) is 11.5. The van der Waals surface area contributed by atoms with Crippen LogP contribution in [0, 0.1) is 0 Å². The lowest BCUT2D eigenvalue weighted by Crippen LogP contribution is -2.45. The lowest BCUT2D eigenvalue weighted by Gasteiger charge is -2.32. The van der Waals surface area contributed by atoms with Crippen molar-refractivity contribution in [2.24, 2.45) is 0 Å². The van der Waals surface area contributed by atoms with E-state index in [0.29, 0.717) is 6.04 Å². The van der Waals surface area contributed by atoms with Crippen LogP contribution in [0.3, 0.4) is 0 Å². The van der Waals surface area contributed by atoms with Crippen molar-refractivity contribution in [3.63, 3.8) is 0 Å². The van der Waals surface area contributed by atoms with E-state index in [4.69, 9.17) is 4.74 Å². The number of likely N-dealkylation sites (tertiary alicyclic amines) is 1. The Morgan fingerprint density at radius 1 is 1.56 bits per heavy atom. The molecule has 1 fully saturated rings. The molecule has 1 amide bonds. The van der Waals surface area contributed by atoms with Crippen molar-refractivity contribution < 1.29 is 9.53 Å². The normalized spacial score (nSPS) is 17.1. The monoisotopic (exact) mass is 268 g/mol. The molecule has 5 heteroatoms. The highest BCUT2D eigenvalue weighted by Crippen LogP contribution is 2.12. The van der Waals surface area contributed by atoms with Crippen molar-refractivity contribution in [2.75, 3.05) is 26.8 Å². The second-order valence-electron chi connectivity index (χ2n) is 4.60. The number of carbonyl (C=O) groups excluding carboxylic acids is 1. The van der Waals surface area contributed by atoms with Crippen LogP contribution in [0.15, 0.2) is 16.8 Å². The Morgan fingerprint density at radius 3 is 2.94 bits per heavy atom. The first-order valence-electron chi connectivity index (χ1n) is 6.31. The Balaban J connectivity index is 1.68. The number of carbonyl (C=O) groups is 1. The number of nitrogens with zero attached hydrogens (tertiary/aromatic N) is 1. The minimum absolute atomic E-state index is 0.105. The van der Waals surface area contributed by atoms with Crippen molar-refractivity contribution in [3.8, 4) is 0 Å². The molecule has 0 unspecified atom stereocenters. The molecule has 0 saturated carbocycles. The van der Waals surface area contributed by atoms with E-state index in [9.17, 15) is 4.79 Å². The number of amides is 1. The van der Waals surface area contributed by atoms with Gasteiger partial charge in [-0.1, -0.05) is 0 Å². The second kappa shape index (κ2) is 6.87. The van der Waals surface area contributed by atoms with Gasteiger partial charge in [-0.3, -0.25) is 4.79 Å². The molecular formula is C13H20N2O2S. The first kappa shape index (κ1) is 13.5. The van der Waals surface area contributed by atoms with Gasteiger partial charge in [-0.25, -0.2) is 0 Å². The van der Waals surface area contributed by atoms with Crippen LogP contribution in [-0.4, -0.2) is 43.7 Å². The van der Waals surface area contributed by atoms with Gasteiger partial charge < -0.3 is 15.0 Å². The first-order chi connectivity index (χ1) is 8.79. The highest BCUT2D eigenvalue weighted by Gasteiger charge is 2.21. The number of thiophene rings is 1. The summed E-state index contributed by atoms with van der Waals surface area (Å²) >= 11 is 1.73. The van der Waals surface area contributed by atoms with Crippen molar-refractivity contribution in [1.29, 1.82) is 0 Å². The van der Waals surface area contributed by atoms with Crippen LogP contribution in [0.2, 0.25) is 0 Å². The van der Waals surface area contributed by atoms with Crippen molar-refractivity contribution in [3.05, 3.63) is 22.4 Å². The van der Waals surface area contributed by atoms with Gasteiger partial charge in [-0.2, -0.15) is 11.3 Å². The third-order valence-corrected chi connectivity index (χ3v) is 4.02. The van der Waals surface area contributed by atoms with Crippen LogP contribution >= 0.6 is 11.3 Å². The maximum atomic E-state index is 11.6. The molecule has 0 aliphatic carbocycles. The van der Waals surface area contributed by atoms with E-state index in [1.54, 1.807) is 18.4 Å². The third-order valence-electron chi connectivity index (χ3n) is 3.29. The summed E-state index contributed by atoms with van der Waals surface area (Å²) in [6.45, 7) is 2.81. The maximum Gasteiger partial charge on any atom is 0.248 e. The van der Waals surface area contributed by atoms with E-state index in [1.165, 1.54) is 5.56 Å². The molecule has 4 nitrogen and oxygen atoms in total. The van der Waals surface area contributed by atoms with Gasteiger partial charge in [0.25, 0.3) is 0 Å². The summed E-state index contributed by atoms with van der Waals surface area (Å²) in [6.07, 6.45) is 2.05. The van der Waals surface area contributed by atoms with Crippen LogP contribution in [0.25, 0.3) is 0 Å². The van der Waals surface area contributed by atoms with Crippen LogP contribution in [0.5, 0.6) is 0 Å². The minimum Gasteiger partial charge on any atom is -0.375 e. The average Bonchev–Trinajstić information content (AvgIpc) is 2.90. The fourth-order valence-corrected chi connectivity index (χ4v) is 2.87. The molecule has 1 aliphatic heterocycles. The van der Waals surface area contributed by atoms with E-state index >= 15 is 0 Å². The summed E-state index contributed by atoms with van der Waals surface area (Å²) in [4.78, 5) is 13.5. The Morgan fingerprint density at radius 2 is 2.33 bits per heavy atom. The molecule has 1 aromatic rings. The summed E-state index contributed by atoms with van der Waals surface area (Å²) in [5.74, 6) is 0.105. The van der Waals surface area contributed by atoms with Crippen LogP contribution in [0.4, 0.5) is 0 Å². The first-order valence-corrected chi connectivity index (χ1v) is 7.25. The molecular weight excluding hydrogens is 248 g/mol. The van der Waals surface area contributed by atoms with Crippen molar-refractivity contribution in [1.82, 2.24) is 10.2 Å². The topological polar surface area (TPSA) is 41.6 Å². The molecule has 0 spiro atoms. The molecule has 1 saturated heterocycles. The largest absolute Gasteiger partial charge is 0.375 e. The molecule has 1 aliphatic rings. The molecule has 100 valence electrons. The molecule has 2 rings (SSSR count). The molecule has 0 aromatic carbocycles. The number of hydrogen-bond acceptors (Lipinski definition) is 4. The molecule has 0 atom stereocenters. The van der Waals surface area contributed by atoms with Crippen molar-refractivity contribution >= 4 is 17.2 Å². The average molecular weight is 268 g/mol. The van der Waals surface area contributed by atoms with E-state index < -0.39 is 0 Å². The summed E-state index contributed by atoms with van der Waals surface area (Å²) < 4.78 is 4.87. The fourth-order valence-electron chi connectivity index (χ4n) is 2.20. The van der Waals surface area contributed by atoms with Crippen LogP contribution < -0.4 is 5.32 Å².